The van der Waals surface area contributed by atoms with Crippen molar-refractivity contribution in [3.63, 3.8) is 0 Å². The summed E-state index contributed by atoms with van der Waals surface area (Å²) < 4.78 is 5.34. The Morgan fingerprint density at radius 3 is 2.62 bits per heavy atom. The number of Topliss-reactive ketones (excluding diaryl/α,β-unsaturated/α-hetero) is 1. The van der Waals surface area contributed by atoms with Crippen LogP contribution in [0.15, 0.2) is 18.2 Å². The van der Waals surface area contributed by atoms with Gasteiger partial charge >= 0.3 is 0 Å². The number of aryl methyl sites for hydroxylation is 1. The van der Waals surface area contributed by atoms with E-state index in [9.17, 15) is 9.59 Å². The maximum Gasteiger partial charge on any atom is 0.220 e. The topological polar surface area (TPSA) is 69.4 Å². The van der Waals surface area contributed by atoms with Gasteiger partial charge in [-0.2, -0.15) is 0 Å². The number of ketones is 1. The quantitative estimate of drug-likeness (QED) is 0.765. The average molecular weight is 221 g/mol. The van der Waals surface area contributed by atoms with Crippen molar-refractivity contribution in [2.75, 3.05) is 6.61 Å². The molecule has 16 heavy (non-hydrogen) atoms. The number of nitrogens with two attached hydrogens (primary N) is 1. The second-order valence-electron chi connectivity index (χ2n) is 3.62. The molecule has 0 bridgehead atoms. The molecule has 0 radical (unpaired) electrons. The average Bonchev–Trinajstić information content (AvgIpc) is 2.19. The van der Waals surface area contributed by atoms with Crippen LogP contribution in [0.25, 0.3) is 0 Å². The van der Waals surface area contributed by atoms with Gasteiger partial charge in [-0.15, -0.1) is 0 Å². The molecular formula is C12H15NO3. The SMILES string of the molecule is CC(=O)c1cc(C)ccc1OCCC(N)=O. The zero-order chi connectivity index (χ0) is 12.1. The van der Waals surface area contributed by atoms with Gasteiger partial charge in [-0.3, -0.25) is 9.59 Å². The molecule has 1 aromatic rings. The minimum atomic E-state index is -0.420. The van der Waals surface area contributed by atoms with E-state index in [1.54, 1.807) is 12.1 Å². The van der Waals surface area contributed by atoms with E-state index in [2.05, 4.69) is 0 Å². The number of primary amides is 1. The first-order valence-electron chi connectivity index (χ1n) is 5.03. The smallest absolute Gasteiger partial charge is 0.220 e. The molecule has 4 heteroatoms. The zero-order valence-electron chi connectivity index (χ0n) is 9.45. The third-order valence-electron chi connectivity index (χ3n) is 2.12. The van der Waals surface area contributed by atoms with Crippen molar-refractivity contribution in [3.8, 4) is 5.75 Å². The highest BCUT2D eigenvalue weighted by molar-refractivity contribution is 5.97. The first kappa shape index (κ1) is 12.2. The minimum Gasteiger partial charge on any atom is -0.492 e. The second-order valence-corrected chi connectivity index (χ2v) is 3.62. The van der Waals surface area contributed by atoms with E-state index in [-0.39, 0.29) is 18.8 Å². The Kier molecular flexibility index (Phi) is 4.05. The molecule has 1 amide bonds. The fourth-order valence-corrected chi connectivity index (χ4v) is 1.31. The molecule has 0 unspecified atom stereocenters. The van der Waals surface area contributed by atoms with E-state index in [1.807, 2.05) is 13.0 Å². The van der Waals surface area contributed by atoms with Gasteiger partial charge in [-0.1, -0.05) is 11.6 Å². The molecular weight excluding hydrogens is 206 g/mol. The first-order chi connectivity index (χ1) is 7.50. The molecule has 0 spiro atoms. The zero-order valence-corrected chi connectivity index (χ0v) is 9.45. The monoisotopic (exact) mass is 221 g/mol. The lowest BCUT2D eigenvalue weighted by Gasteiger charge is -2.09. The Bertz CT molecular complexity index is 413. The number of amides is 1. The summed E-state index contributed by atoms with van der Waals surface area (Å²) in [7, 11) is 0. The summed E-state index contributed by atoms with van der Waals surface area (Å²) in [6.45, 7) is 3.58. The molecule has 0 heterocycles. The molecule has 0 aliphatic heterocycles. The van der Waals surface area contributed by atoms with Gasteiger partial charge in [0.1, 0.15) is 5.75 Å². The first-order valence-corrected chi connectivity index (χ1v) is 5.03. The Morgan fingerprint density at radius 1 is 1.38 bits per heavy atom. The van der Waals surface area contributed by atoms with E-state index in [4.69, 9.17) is 10.5 Å². The van der Waals surface area contributed by atoms with Crippen LogP contribution >= 0.6 is 0 Å². The van der Waals surface area contributed by atoms with Crippen LogP contribution in [0, 0.1) is 6.92 Å². The summed E-state index contributed by atoms with van der Waals surface area (Å²) in [5.41, 5.74) is 6.52. The number of carbonyl (C=O) groups excluding carboxylic acids is 2. The Hall–Kier alpha value is -1.84. The van der Waals surface area contributed by atoms with Crippen LogP contribution in [0.3, 0.4) is 0 Å². The Morgan fingerprint density at radius 2 is 2.06 bits per heavy atom. The molecule has 1 rings (SSSR count). The van der Waals surface area contributed by atoms with E-state index in [0.717, 1.165) is 5.56 Å². The standard InChI is InChI=1S/C12H15NO3/c1-8-3-4-11(10(7-8)9(2)14)16-6-5-12(13)15/h3-4,7H,5-6H2,1-2H3,(H2,13,15). The number of hydrogen-bond donors (Lipinski definition) is 1. The number of rotatable bonds is 5. The number of carbonyl (C=O) groups is 2. The van der Waals surface area contributed by atoms with Crippen molar-refractivity contribution >= 4 is 11.7 Å². The highest BCUT2D eigenvalue weighted by Gasteiger charge is 2.08. The molecule has 0 aliphatic rings. The number of hydrogen-bond acceptors (Lipinski definition) is 3. The normalized spacial score (nSPS) is 9.88. The van der Waals surface area contributed by atoms with Crippen molar-refractivity contribution in [1.82, 2.24) is 0 Å². The van der Waals surface area contributed by atoms with Crippen molar-refractivity contribution in [2.45, 2.75) is 20.3 Å². The molecule has 1 aromatic carbocycles. The van der Waals surface area contributed by atoms with Crippen LogP contribution in [0.4, 0.5) is 0 Å². The maximum absolute atomic E-state index is 11.3. The lowest BCUT2D eigenvalue weighted by atomic mass is 10.1. The van der Waals surface area contributed by atoms with Gasteiger partial charge in [0, 0.05) is 0 Å². The van der Waals surface area contributed by atoms with Crippen molar-refractivity contribution in [3.05, 3.63) is 29.3 Å². The highest BCUT2D eigenvalue weighted by atomic mass is 16.5. The maximum atomic E-state index is 11.3. The third-order valence-corrected chi connectivity index (χ3v) is 2.12. The minimum absolute atomic E-state index is 0.0576. The van der Waals surface area contributed by atoms with Gasteiger partial charge in [0.2, 0.25) is 5.91 Å². The Labute approximate surface area is 94.4 Å². The second kappa shape index (κ2) is 5.30. The van der Waals surface area contributed by atoms with Crippen LogP contribution in [0.1, 0.15) is 29.3 Å². The van der Waals surface area contributed by atoms with Crippen LogP contribution in [-0.2, 0) is 4.79 Å². The van der Waals surface area contributed by atoms with Gasteiger partial charge in [0.25, 0.3) is 0 Å². The fourth-order valence-electron chi connectivity index (χ4n) is 1.31. The van der Waals surface area contributed by atoms with Gasteiger partial charge in [-0.25, -0.2) is 0 Å². The summed E-state index contributed by atoms with van der Waals surface area (Å²) in [5.74, 6) is 0.0219. The molecule has 0 aromatic heterocycles. The Balaban J connectivity index is 2.78. The predicted octanol–water partition coefficient (Wildman–Crippen LogP) is 1.45. The highest BCUT2D eigenvalue weighted by Crippen LogP contribution is 2.20. The molecule has 0 atom stereocenters. The molecule has 2 N–H and O–H groups in total. The van der Waals surface area contributed by atoms with Gasteiger partial charge < -0.3 is 10.5 Å². The summed E-state index contributed by atoms with van der Waals surface area (Å²) in [5, 5.41) is 0. The largest absolute Gasteiger partial charge is 0.492 e. The van der Waals surface area contributed by atoms with Crippen LogP contribution in [0.5, 0.6) is 5.75 Å². The molecule has 0 saturated carbocycles. The van der Waals surface area contributed by atoms with Gasteiger partial charge in [-0.05, 0) is 26.0 Å². The third kappa shape index (κ3) is 3.38. The fraction of sp³-hybridized carbons (Fsp3) is 0.333. The summed E-state index contributed by atoms with van der Waals surface area (Å²) >= 11 is 0. The molecule has 0 fully saturated rings. The van der Waals surface area contributed by atoms with Crippen molar-refractivity contribution < 1.29 is 14.3 Å². The van der Waals surface area contributed by atoms with Gasteiger partial charge in [0.15, 0.2) is 5.78 Å². The van der Waals surface area contributed by atoms with E-state index >= 15 is 0 Å². The van der Waals surface area contributed by atoms with E-state index < -0.39 is 5.91 Å². The van der Waals surface area contributed by atoms with Crippen molar-refractivity contribution in [1.29, 1.82) is 0 Å². The van der Waals surface area contributed by atoms with Crippen LogP contribution in [-0.4, -0.2) is 18.3 Å². The van der Waals surface area contributed by atoms with E-state index in [1.165, 1.54) is 6.92 Å². The molecule has 86 valence electrons. The van der Waals surface area contributed by atoms with Crippen molar-refractivity contribution in [2.24, 2.45) is 5.73 Å². The molecule has 4 nitrogen and oxygen atoms in total. The van der Waals surface area contributed by atoms with E-state index in [0.29, 0.717) is 11.3 Å². The van der Waals surface area contributed by atoms with Gasteiger partial charge in [0.05, 0.1) is 18.6 Å². The number of ether oxygens (including phenoxy) is 1. The summed E-state index contributed by atoms with van der Waals surface area (Å²) in [4.78, 5) is 21.9. The lowest BCUT2D eigenvalue weighted by molar-refractivity contribution is -0.118. The van der Waals surface area contributed by atoms with Crippen LogP contribution in [0.2, 0.25) is 0 Å². The summed E-state index contributed by atoms with van der Waals surface area (Å²) in [6, 6.07) is 5.35. The summed E-state index contributed by atoms with van der Waals surface area (Å²) in [6.07, 6.45) is 0.144. The molecule has 0 saturated heterocycles. The predicted molar refractivity (Wildman–Crippen MR) is 60.5 cm³/mol. The lowest BCUT2D eigenvalue weighted by Crippen LogP contribution is -2.15. The number of benzene rings is 1. The molecule has 0 aliphatic carbocycles. The van der Waals surface area contributed by atoms with Crippen LogP contribution < -0.4 is 10.5 Å².